The zero-order valence-corrected chi connectivity index (χ0v) is 10.5. The number of aryl methyl sites for hydroxylation is 2. The molecular formula is C13H14N2O3. The first kappa shape index (κ1) is 12.2. The lowest BCUT2D eigenvalue weighted by Crippen LogP contribution is -2.03. The number of nitrogens with zero attached hydrogens (tertiary/aromatic N) is 2. The second-order valence-electron chi connectivity index (χ2n) is 4.03. The van der Waals surface area contributed by atoms with Crippen LogP contribution in [-0.4, -0.2) is 28.0 Å². The fourth-order valence-corrected chi connectivity index (χ4v) is 1.88. The molecule has 0 amide bonds. The van der Waals surface area contributed by atoms with E-state index >= 15 is 0 Å². The SMILES string of the molecule is COc1c(C(=O)O)c(C)nn1-c1cccc(C)c1. The second-order valence-corrected chi connectivity index (χ2v) is 4.03. The van der Waals surface area contributed by atoms with Crippen LogP contribution in [0.2, 0.25) is 0 Å². The Morgan fingerprint density at radius 3 is 2.67 bits per heavy atom. The molecule has 0 saturated heterocycles. The number of rotatable bonds is 3. The highest BCUT2D eigenvalue weighted by Gasteiger charge is 2.22. The van der Waals surface area contributed by atoms with Gasteiger partial charge in [-0.1, -0.05) is 12.1 Å². The van der Waals surface area contributed by atoms with Crippen LogP contribution in [0.15, 0.2) is 24.3 Å². The summed E-state index contributed by atoms with van der Waals surface area (Å²) < 4.78 is 6.68. The Balaban J connectivity index is 2.65. The van der Waals surface area contributed by atoms with Crippen molar-refractivity contribution in [3.05, 3.63) is 41.1 Å². The minimum Gasteiger partial charge on any atom is -0.480 e. The van der Waals surface area contributed by atoms with E-state index in [0.717, 1.165) is 11.3 Å². The van der Waals surface area contributed by atoms with Gasteiger partial charge in [-0.2, -0.15) is 5.10 Å². The van der Waals surface area contributed by atoms with Gasteiger partial charge in [-0.15, -0.1) is 0 Å². The molecule has 0 radical (unpaired) electrons. The monoisotopic (exact) mass is 246 g/mol. The third-order valence-corrected chi connectivity index (χ3v) is 2.67. The number of hydrogen-bond acceptors (Lipinski definition) is 3. The summed E-state index contributed by atoms with van der Waals surface area (Å²) in [5, 5.41) is 13.4. The van der Waals surface area contributed by atoms with Gasteiger partial charge in [0, 0.05) is 0 Å². The van der Waals surface area contributed by atoms with Crippen LogP contribution in [0.5, 0.6) is 5.88 Å². The summed E-state index contributed by atoms with van der Waals surface area (Å²) in [5.41, 5.74) is 2.38. The lowest BCUT2D eigenvalue weighted by Gasteiger charge is -2.07. The molecule has 0 fully saturated rings. The summed E-state index contributed by atoms with van der Waals surface area (Å²) in [6.45, 7) is 3.61. The average molecular weight is 246 g/mol. The Kier molecular flexibility index (Phi) is 3.06. The summed E-state index contributed by atoms with van der Waals surface area (Å²) in [7, 11) is 1.44. The first-order chi connectivity index (χ1) is 8.54. The van der Waals surface area contributed by atoms with Gasteiger partial charge >= 0.3 is 5.97 Å². The van der Waals surface area contributed by atoms with Gasteiger partial charge in [0.05, 0.1) is 18.5 Å². The van der Waals surface area contributed by atoms with Crippen molar-refractivity contribution in [2.24, 2.45) is 0 Å². The molecule has 0 bridgehead atoms. The zero-order chi connectivity index (χ0) is 13.3. The molecule has 2 aromatic rings. The Morgan fingerprint density at radius 2 is 2.11 bits per heavy atom. The summed E-state index contributed by atoms with van der Waals surface area (Å²) in [5.74, 6) is -0.797. The predicted molar refractivity (Wildman–Crippen MR) is 66.5 cm³/mol. The van der Waals surface area contributed by atoms with E-state index in [9.17, 15) is 4.79 Å². The smallest absolute Gasteiger partial charge is 0.343 e. The van der Waals surface area contributed by atoms with Gasteiger partial charge in [0.1, 0.15) is 5.56 Å². The second kappa shape index (κ2) is 4.52. The van der Waals surface area contributed by atoms with Crippen molar-refractivity contribution in [1.82, 2.24) is 9.78 Å². The lowest BCUT2D eigenvalue weighted by molar-refractivity contribution is 0.0692. The molecule has 5 nitrogen and oxygen atoms in total. The van der Waals surface area contributed by atoms with Crippen LogP contribution in [0.1, 0.15) is 21.6 Å². The number of aromatic carboxylic acids is 1. The first-order valence-electron chi connectivity index (χ1n) is 5.48. The van der Waals surface area contributed by atoms with Crippen molar-refractivity contribution in [3.63, 3.8) is 0 Å². The molecule has 5 heteroatoms. The van der Waals surface area contributed by atoms with Gasteiger partial charge in [0.2, 0.25) is 5.88 Å². The third-order valence-electron chi connectivity index (χ3n) is 2.67. The molecule has 0 aliphatic rings. The number of methoxy groups -OCH3 is 1. The van der Waals surface area contributed by atoms with Gasteiger partial charge in [0.15, 0.2) is 0 Å². The lowest BCUT2D eigenvalue weighted by atomic mass is 10.2. The summed E-state index contributed by atoms with van der Waals surface area (Å²) in [6.07, 6.45) is 0. The highest BCUT2D eigenvalue weighted by molar-refractivity contribution is 5.91. The van der Waals surface area contributed by atoms with E-state index in [4.69, 9.17) is 9.84 Å². The topological polar surface area (TPSA) is 64.3 Å². The van der Waals surface area contributed by atoms with E-state index in [2.05, 4.69) is 5.10 Å². The molecule has 1 aromatic heterocycles. The van der Waals surface area contributed by atoms with Crippen LogP contribution < -0.4 is 4.74 Å². The van der Waals surface area contributed by atoms with Crippen LogP contribution in [0, 0.1) is 13.8 Å². The molecule has 0 aliphatic heterocycles. The van der Waals surface area contributed by atoms with E-state index in [1.807, 2.05) is 31.2 Å². The number of carbonyl (C=O) groups is 1. The molecule has 1 heterocycles. The molecule has 94 valence electrons. The maximum atomic E-state index is 11.2. The Labute approximate surface area is 105 Å². The fourth-order valence-electron chi connectivity index (χ4n) is 1.88. The van der Waals surface area contributed by atoms with E-state index in [0.29, 0.717) is 5.69 Å². The molecule has 1 aromatic carbocycles. The molecule has 0 atom stereocenters. The third kappa shape index (κ3) is 1.95. The molecule has 0 unspecified atom stereocenters. The molecule has 0 aliphatic carbocycles. The van der Waals surface area contributed by atoms with E-state index in [1.54, 1.807) is 6.92 Å². The Hall–Kier alpha value is -2.30. The predicted octanol–water partition coefficient (Wildman–Crippen LogP) is 2.20. The summed E-state index contributed by atoms with van der Waals surface area (Å²) in [4.78, 5) is 11.2. The minimum atomic E-state index is -1.04. The molecule has 1 N–H and O–H groups in total. The summed E-state index contributed by atoms with van der Waals surface area (Å²) >= 11 is 0. The van der Waals surface area contributed by atoms with Crippen LogP contribution >= 0.6 is 0 Å². The molecule has 0 saturated carbocycles. The normalized spacial score (nSPS) is 10.4. The number of benzene rings is 1. The quantitative estimate of drug-likeness (QED) is 0.901. The van der Waals surface area contributed by atoms with Gasteiger partial charge in [-0.05, 0) is 31.5 Å². The van der Waals surface area contributed by atoms with E-state index < -0.39 is 5.97 Å². The zero-order valence-electron chi connectivity index (χ0n) is 10.5. The minimum absolute atomic E-state index is 0.0963. The van der Waals surface area contributed by atoms with Crippen molar-refractivity contribution in [3.8, 4) is 11.6 Å². The largest absolute Gasteiger partial charge is 0.480 e. The number of aromatic nitrogens is 2. The summed E-state index contributed by atoms with van der Waals surface area (Å²) in [6, 6.07) is 7.63. The standard InChI is InChI=1S/C13H14N2O3/c1-8-5-4-6-10(7-8)15-12(18-3)11(13(16)17)9(2)14-15/h4-7H,1-3H3,(H,16,17). The van der Waals surface area contributed by atoms with Crippen LogP contribution in [0.3, 0.4) is 0 Å². The number of carboxylic acids is 1. The molecule has 0 spiro atoms. The van der Waals surface area contributed by atoms with Crippen LogP contribution in [0.4, 0.5) is 0 Å². The maximum absolute atomic E-state index is 11.2. The van der Waals surface area contributed by atoms with E-state index in [-0.39, 0.29) is 11.4 Å². The molecule has 2 rings (SSSR count). The number of hydrogen-bond donors (Lipinski definition) is 1. The van der Waals surface area contributed by atoms with Gasteiger partial charge in [-0.25, -0.2) is 9.48 Å². The van der Waals surface area contributed by atoms with Gasteiger partial charge in [0.25, 0.3) is 0 Å². The van der Waals surface area contributed by atoms with E-state index in [1.165, 1.54) is 11.8 Å². The number of ether oxygens (including phenoxy) is 1. The fraction of sp³-hybridized carbons (Fsp3) is 0.231. The number of carboxylic acid groups (broad SMARTS) is 1. The van der Waals surface area contributed by atoms with Crippen molar-refractivity contribution in [2.75, 3.05) is 7.11 Å². The van der Waals surface area contributed by atoms with Crippen molar-refractivity contribution in [1.29, 1.82) is 0 Å². The van der Waals surface area contributed by atoms with Gasteiger partial charge < -0.3 is 9.84 Å². The first-order valence-corrected chi connectivity index (χ1v) is 5.48. The van der Waals surface area contributed by atoms with Crippen molar-refractivity contribution in [2.45, 2.75) is 13.8 Å². The molecular weight excluding hydrogens is 232 g/mol. The van der Waals surface area contributed by atoms with Crippen LogP contribution in [-0.2, 0) is 0 Å². The Bertz CT molecular complexity index is 602. The Morgan fingerprint density at radius 1 is 1.39 bits per heavy atom. The van der Waals surface area contributed by atoms with Crippen molar-refractivity contribution < 1.29 is 14.6 Å². The maximum Gasteiger partial charge on any atom is 0.343 e. The van der Waals surface area contributed by atoms with Gasteiger partial charge in [-0.3, -0.25) is 0 Å². The molecule has 18 heavy (non-hydrogen) atoms. The highest BCUT2D eigenvalue weighted by atomic mass is 16.5. The highest BCUT2D eigenvalue weighted by Crippen LogP contribution is 2.25. The average Bonchev–Trinajstić information content (AvgIpc) is 2.66. The van der Waals surface area contributed by atoms with Crippen molar-refractivity contribution >= 4 is 5.97 Å². The van der Waals surface area contributed by atoms with Crippen LogP contribution in [0.25, 0.3) is 5.69 Å².